The van der Waals surface area contributed by atoms with Crippen LogP contribution >= 0.6 is 0 Å². The smallest absolute Gasteiger partial charge is 0.255 e. The minimum atomic E-state index is -4.16. The molecule has 7 nitrogen and oxygen atoms in total. The highest BCUT2D eigenvalue weighted by atomic mass is 32.2. The standard InChI is InChI=1S/C22H24FN3O4S/c1-2-12-24-31(29,30)20-15-16(10-11-18(20)23)21(27)25-19-9-5-4-8-17(19)22(28)26-13-6-3-7-14-26/h2,4-5,8-11,15,24H,1,3,6-7,12-14H2,(H,25,27). The van der Waals surface area contributed by atoms with Gasteiger partial charge in [0.25, 0.3) is 11.8 Å². The van der Waals surface area contributed by atoms with Gasteiger partial charge in [0.2, 0.25) is 10.0 Å². The van der Waals surface area contributed by atoms with Crippen molar-refractivity contribution in [1.82, 2.24) is 9.62 Å². The average molecular weight is 446 g/mol. The molecule has 2 aromatic carbocycles. The highest BCUT2D eigenvalue weighted by Crippen LogP contribution is 2.22. The SMILES string of the molecule is C=CCNS(=O)(=O)c1cc(C(=O)Nc2ccccc2C(=O)N2CCCCC2)ccc1F. The van der Waals surface area contributed by atoms with Crippen LogP contribution in [0.4, 0.5) is 10.1 Å². The monoisotopic (exact) mass is 445 g/mol. The Bertz CT molecular complexity index is 1100. The zero-order chi connectivity index (χ0) is 22.4. The molecule has 0 aromatic heterocycles. The molecule has 1 heterocycles. The van der Waals surface area contributed by atoms with Gasteiger partial charge in [0, 0.05) is 25.2 Å². The molecule has 0 spiro atoms. The van der Waals surface area contributed by atoms with Crippen molar-refractivity contribution in [2.75, 3.05) is 25.0 Å². The van der Waals surface area contributed by atoms with E-state index < -0.39 is 26.6 Å². The predicted molar refractivity (Wildman–Crippen MR) is 116 cm³/mol. The van der Waals surface area contributed by atoms with Gasteiger partial charge in [0.1, 0.15) is 10.7 Å². The minimum absolute atomic E-state index is 0.0550. The van der Waals surface area contributed by atoms with E-state index in [4.69, 9.17) is 0 Å². The zero-order valence-corrected chi connectivity index (χ0v) is 17.8. The second-order valence-electron chi connectivity index (χ2n) is 7.14. The maximum Gasteiger partial charge on any atom is 0.255 e. The Morgan fingerprint density at radius 3 is 2.52 bits per heavy atom. The van der Waals surface area contributed by atoms with Crippen LogP contribution in [0.15, 0.2) is 60.0 Å². The first-order valence-corrected chi connectivity index (χ1v) is 11.4. The van der Waals surface area contributed by atoms with E-state index in [2.05, 4.69) is 16.6 Å². The molecule has 0 saturated carbocycles. The van der Waals surface area contributed by atoms with Crippen LogP contribution in [-0.2, 0) is 10.0 Å². The summed E-state index contributed by atoms with van der Waals surface area (Å²) in [5.74, 6) is -1.81. The van der Waals surface area contributed by atoms with E-state index in [0.29, 0.717) is 24.3 Å². The summed E-state index contributed by atoms with van der Waals surface area (Å²) in [4.78, 5) is 26.8. The van der Waals surface area contributed by atoms with Gasteiger partial charge in [-0.25, -0.2) is 17.5 Å². The molecule has 0 bridgehead atoms. The Labute approximate surface area is 181 Å². The number of hydrogen-bond acceptors (Lipinski definition) is 4. The van der Waals surface area contributed by atoms with Gasteiger partial charge in [-0.2, -0.15) is 0 Å². The summed E-state index contributed by atoms with van der Waals surface area (Å²) in [6.07, 6.45) is 4.28. The van der Waals surface area contributed by atoms with Gasteiger partial charge >= 0.3 is 0 Å². The lowest BCUT2D eigenvalue weighted by molar-refractivity contribution is 0.0725. The third-order valence-corrected chi connectivity index (χ3v) is 6.39. The number of amides is 2. The highest BCUT2D eigenvalue weighted by molar-refractivity contribution is 7.89. The number of sulfonamides is 1. The maximum atomic E-state index is 14.1. The fourth-order valence-electron chi connectivity index (χ4n) is 3.34. The van der Waals surface area contributed by atoms with Gasteiger partial charge in [-0.3, -0.25) is 9.59 Å². The van der Waals surface area contributed by atoms with Crippen molar-refractivity contribution in [3.8, 4) is 0 Å². The number of nitrogens with one attached hydrogen (secondary N) is 2. The molecule has 2 amide bonds. The van der Waals surface area contributed by atoms with Crippen LogP contribution in [0.1, 0.15) is 40.0 Å². The lowest BCUT2D eigenvalue weighted by Gasteiger charge is -2.27. The third-order valence-electron chi connectivity index (χ3n) is 4.95. The summed E-state index contributed by atoms with van der Waals surface area (Å²) >= 11 is 0. The second-order valence-corrected chi connectivity index (χ2v) is 8.87. The summed E-state index contributed by atoms with van der Waals surface area (Å²) in [6, 6.07) is 9.69. The Morgan fingerprint density at radius 2 is 1.81 bits per heavy atom. The first-order valence-electron chi connectivity index (χ1n) is 9.93. The van der Waals surface area contributed by atoms with Crippen molar-refractivity contribution in [2.24, 2.45) is 0 Å². The molecule has 1 aliphatic heterocycles. The molecule has 1 saturated heterocycles. The van der Waals surface area contributed by atoms with Crippen LogP contribution in [0.2, 0.25) is 0 Å². The number of halogens is 1. The topological polar surface area (TPSA) is 95.6 Å². The number of rotatable bonds is 7. The molecule has 1 aliphatic rings. The van der Waals surface area contributed by atoms with E-state index in [1.54, 1.807) is 29.2 Å². The number of carbonyl (C=O) groups is 2. The van der Waals surface area contributed by atoms with Crippen molar-refractivity contribution < 1.29 is 22.4 Å². The van der Waals surface area contributed by atoms with E-state index in [1.165, 1.54) is 12.1 Å². The molecule has 2 aromatic rings. The van der Waals surface area contributed by atoms with Gasteiger partial charge in [-0.05, 0) is 49.6 Å². The number of piperidine rings is 1. The number of para-hydroxylation sites is 1. The quantitative estimate of drug-likeness (QED) is 0.640. The fourth-order valence-corrected chi connectivity index (χ4v) is 4.44. The van der Waals surface area contributed by atoms with Gasteiger partial charge in [0.15, 0.2) is 0 Å². The van der Waals surface area contributed by atoms with Crippen molar-refractivity contribution in [1.29, 1.82) is 0 Å². The van der Waals surface area contributed by atoms with Crippen LogP contribution < -0.4 is 10.0 Å². The molecule has 9 heteroatoms. The van der Waals surface area contributed by atoms with Crippen LogP contribution in [0.25, 0.3) is 0 Å². The largest absolute Gasteiger partial charge is 0.339 e. The molecule has 0 radical (unpaired) electrons. The second kappa shape index (κ2) is 9.84. The third kappa shape index (κ3) is 5.36. The molecule has 0 unspecified atom stereocenters. The Kier molecular flexibility index (Phi) is 7.19. The van der Waals surface area contributed by atoms with Crippen molar-refractivity contribution >= 4 is 27.5 Å². The van der Waals surface area contributed by atoms with Crippen LogP contribution in [0.5, 0.6) is 0 Å². The van der Waals surface area contributed by atoms with Crippen molar-refractivity contribution in [3.63, 3.8) is 0 Å². The molecule has 0 atom stereocenters. The van der Waals surface area contributed by atoms with E-state index in [-0.39, 0.29) is 18.0 Å². The number of likely N-dealkylation sites (tertiary alicyclic amines) is 1. The summed E-state index contributed by atoms with van der Waals surface area (Å²) in [7, 11) is -4.16. The summed E-state index contributed by atoms with van der Waals surface area (Å²) in [5, 5.41) is 2.65. The van der Waals surface area contributed by atoms with Crippen molar-refractivity contribution in [2.45, 2.75) is 24.2 Å². The minimum Gasteiger partial charge on any atom is -0.339 e. The van der Waals surface area contributed by atoms with Gasteiger partial charge in [-0.15, -0.1) is 6.58 Å². The summed E-state index contributed by atoms with van der Waals surface area (Å²) in [5.41, 5.74) is 0.600. The highest BCUT2D eigenvalue weighted by Gasteiger charge is 2.23. The molecular weight excluding hydrogens is 421 g/mol. The van der Waals surface area contributed by atoms with E-state index >= 15 is 0 Å². The predicted octanol–water partition coefficient (Wildman–Crippen LogP) is 3.17. The fraction of sp³-hybridized carbons (Fsp3) is 0.273. The average Bonchev–Trinajstić information content (AvgIpc) is 2.78. The molecule has 0 aliphatic carbocycles. The van der Waals surface area contributed by atoms with Crippen LogP contribution in [-0.4, -0.2) is 44.8 Å². The lowest BCUT2D eigenvalue weighted by Crippen LogP contribution is -2.36. The van der Waals surface area contributed by atoms with Gasteiger partial charge in [-0.1, -0.05) is 18.2 Å². The Balaban J connectivity index is 1.85. The molecule has 164 valence electrons. The Morgan fingerprint density at radius 1 is 1.10 bits per heavy atom. The lowest BCUT2D eigenvalue weighted by atomic mass is 10.1. The van der Waals surface area contributed by atoms with E-state index in [9.17, 15) is 22.4 Å². The number of nitrogens with zero attached hydrogens (tertiary/aromatic N) is 1. The number of anilines is 1. The molecule has 3 rings (SSSR count). The maximum absolute atomic E-state index is 14.1. The van der Waals surface area contributed by atoms with Crippen molar-refractivity contribution in [3.05, 3.63) is 72.1 Å². The molecule has 2 N–H and O–H groups in total. The zero-order valence-electron chi connectivity index (χ0n) is 16.9. The summed E-state index contributed by atoms with van der Waals surface area (Å²) < 4.78 is 40.9. The first-order chi connectivity index (χ1) is 14.8. The van der Waals surface area contributed by atoms with Crippen LogP contribution in [0.3, 0.4) is 0 Å². The normalized spacial score (nSPS) is 14.2. The Hall–Kier alpha value is -3.04. The number of carbonyl (C=O) groups excluding carboxylic acids is 2. The van der Waals surface area contributed by atoms with E-state index in [0.717, 1.165) is 31.4 Å². The molecule has 31 heavy (non-hydrogen) atoms. The molecule has 1 fully saturated rings. The number of hydrogen-bond donors (Lipinski definition) is 2. The van der Waals surface area contributed by atoms with Crippen LogP contribution in [0, 0.1) is 5.82 Å². The number of benzene rings is 2. The van der Waals surface area contributed by atoms with E-state index in [1.807, 2.05) is 0 Å². The first kappa shape index (κ1) is 22.6. The van der Waals surface area contributed by atoms with Gasteiger partial charge in [0.05, 0.1) is 11.3 Å². The van der Waals surface area contributed by atoms with Gasteiger partial charge < -0.3 is 10.2 Å². The summed E-state index contributed by atoms with van der Waals surface area (Å²) in [6.45, 7) is 4.66. The molecular formula is C22H24FN3O4S.